The van der Waals surface area contributed by atoms with Gasteiger partial charge in [0.25, 0.3) is 0 Å². The molecule has 0 saturated carbocycles. The monoisotopic (exact) mass is 369 g/mol. The van der Waals surface area contributed by atoms with Crippen molar-refractivity contribution in [2.45, 2.75) is 31.5 Å². The number of nitrogens with zero attached hydrogens (tertiary/aromatic N) is 1. The number of fused-ring (bicyclic) bond motifs is 1. The van der Waals surface area contributed by atoms with Gasteiger partial charge in [0.2, 0.25) is 0 Å². The normalized spacial score (nSPS) is 18.0. The number of ether oxygens (including phenoxy) is 2. The van der Waals surface area contributed by atoms with Crippen LogP contribution in [0.25, 0.3) is 0 Å². The van der Waals surface area contributed by atoms with Crippen LogP contribution in [0.4, 0.5) is 9.18 Å². The maximum absolute atomic E-state index is 13.4. The van der Waals surface area contributed by atoms with Crippen molar-refractivity contribution in [1.82, 2.24) is 4.90 Å². The minimum absolute atomic E-state index is 0.115. The second kappa shape index (κ2) is 7.02. The Bertz CT molecular complexity index is 860. The number of benzene rings is 2. The minimum atomic E-state index is -0.627. The van der Waals surface area contributed by atoms with Crippen molar-refractivity contribution in [1.29, 1.82) is 0 Å². The van der Waals surface area contributed by atoms with Crippen LogP contribution in [0.1, 0.15) is 35.2 Å². The van der Waals surface area contributed by atoms with Crippen LogP contribution in [0.2, 0.25) is 0 Å². The van der Waals surface area contributed by atoms with Crippen molar-refractivity contribution in [3.8, 4) is 5.75 Å². The van der Waals surface area contributed by atoms with Crippen molar-refractivity contribution < 1.29 is 23.5 Å². The first-order chi connectivity index (χ1) is 13.0. The Morgan fingerprint density at radius 1 is 1.15 bits per heavy atom. The SMILES string of the molecule is O=C1CC2(CCN(C(=O)OCc3ccccc3)CC2)Oc2ccc(F)cc21. The van der Waals surface area contributed by atoms with Gasteiger partial charge in [0.05, 0.1) is 12.0 Å². The summed E-state index contributed by atoms with van der Waals surface area (Å²) in [4.78, 5) is 26.4. The van der Waals surface area contributed by atoms with E-state index in [4.69, 9.17) is 9.47 Å². The Hall–Kier alpha value is -2.89. The van der Waals surface area contributed by atoms with Crippen molar-refractivity contribution in [3.05, 3.63) is 65.5 Å². The van der Waals surface area contributed by atoms with Gasteiger partial charge in [-0.2, -0.15) is 0 Å². The quantitative estimate of drug-likeness (QED) is 0.804. The topological polar surface area (TPSA) is 55.8 Å². The first-order valence-electron chi connectivity index (χ1n) is 9.02. The Labute approximate surface area is 156 Å². The number of hydrogen-bond donors (Lipinski definition) is 0. The summed E-state index contributed by atoms with van der Waals surface area (Å²) in [7, 11) is 0. The predicted molar refractivity (Wildman–Crippen MR) is 96.1 cm³/mol. The molecule has 2 aliphatic rings. The molecule has 2 heterocycles. The molecule has 5 nitrogen and oxygen atoms in total. The summed E-state index contributed by atoms with van der Waals surface area (Å²) in [5.41, 5.74) is 0.604. The van der Waals surface area contributed by atoms with E-state index in [0.717, 1.165) is 5.56 Å². The minimum Gasteiger partial charge on any atom is -0.486 e. The van der Waals surface area contributed by atoms with Crippen LogP contribution in [0.3, 0.4) is 0 Å². The molecule has 0 N–H and O–H groups in total. The molecule has 0 aromatic heterocycles. The zero-order chi connectivity index (χ0) is 18.9. The Morgan fingerprint density at radius 2 is 1.89 bits per heavy atom. The summed E-state index contributed by atoms with van der Waals surface area (Å²) in [5, 5.41) is 0. The third-order valence-electron chi connectivity index (χ3n) is 5.19. The van der Waals surface area contributed by atoms with Gasteiger partial charge in [-0.1, -0.05) is 30.3 Å². The second-order valence-corrected chi connectivity index (χ2v) is 7.05. The molecule has 4 rings (SSSR count). The molecular weight excluding hydrogens is 349 g/mol. The zero-order valence-electron chi connectivity index (χ0n) is 14.8. The van der Waals surface area contributed by atoms with Crippen LogP contribution in [-0.2, 0) is 11.3 Å². The largest absolute Gasteiger partial charge is 0.486 e. The van der Waals surface area contributed by atoms with E-state index >= 15 is 0 Å². The highest BCUT2D eigenvalue weighted by Gasteiger charge is 2.44. The molecule has 1 spiro atoms. The first-order valence-corrected chi connectivity index (χ1v) is 9.02. The number of rotatable bonds is 2. The van der Waals surface area contributed by atoms with Gasteiger partial charge in [-0.25, -0.2) is 9.18 Å². The molecule has 140 valence electrons. The van der Waals surface area contributed by atoms with E-state index in [9.17, 15) is 14.0 Å². The second-order valence-electron chi connectivity index (χ2n) is 7.05. The number of ketones is 1. The average molecular weight is 369 g/mol. The fourth-order valence-electron chi connectivity index (χ4n) is 3.65. The number of carbonyl (C=O) groups is 2. The summed E-state index contributed by atoms with van der Waals surface area (Å²) in [6.07, 6.45) is 0.917. The molecule has 2 aromatic carbocycles. The van der Waals surface area contributed by atoms with E-state index in [-0.39, 0.29) is 24.9 Å². The van der Waals surface area contributed by atoms with Crippen LogP contribution < -0.4 is 4.74 Å². The highest BCUT2D eigenvalue weighted by molar-refractivity contribution is 6.00. The molecule has 0 aliphatic carbocycles. The molecule has 27 heavy (non-hydrogen) atoms. The van der Waals surface area contributed by atoms with Crippen molar-refractivity contribution in [3.63, 3.8) is 0 Å². The van der Waals surface area contributed by atoms with Gasteiger partial charge in [0, 0.05) is 25.9 Å². The average Bonchev–Trinajstić information content (AvgIpc) is 2.68. The van der Waals surface area contributed by atoms with Crippen molar-refractivity contribution in [2.75, 3.05) is 13.1 Å². The van der Waals surface area contributed by atoms with Gasteiger partial charge in [-0.05, 0) is 23.8 Å². The molecule has 1 saturated heterocycles. The number of piperidine rings is 1. The molecule has 2 aliphatic heterocycles. The molecule has 0 atom stereocenters. The molecule has 0 unspecified atom stereocenters. The summed E-state index contributed by atoms with van der Waals surface area (Å²) >= 11 is 0. The molecule has 1 amide bonds. The van der Waals surface area contributed by atoms with Crippen LogP contribution in [0.5, 0.6) is 5.75 Å². The van der Waals surface area contributed by atoms with Crippen molar-refractivity contribution in [2.24, 2.45) is 0 Å². The van der Waals surface area contributed by atoms with Gasteiger partial charge < -0.3 is 14.4 Å². The van der Waals surface area contributed by atoms with Crippen LogP contribution >= 0.6 is 0 Å². The van der Waals surface area contributed by atoms with E-state index < -0.39 is 11.4 Å². The van der Waals surface area contributed by atoms with E-state index in [2.05, 4.69) is 0 Å². The van der Waals surface area contributed by atoms with Crippen LogP contribution in [-0.4, -0.2) is 35.5 Å². The van der Waals surface area contributed by atoms with Crippen molar-refractivity contribution >= 4 is 11.9 Å². The van der Waals surface area contributed by atoms with E-state index in [0.29, 0.717) is 37.2 Å². The molecule has 0 bridgehead atoms. The third-order valence-corrected chi connectivity index (χ3v) is 5.19. The Morgan fingerprint density at radius 3 is 2.63 bits per heavy atom. The molecule has 2 aromatic rings. The lowest BCUT2D eigenvalue weighted by molar-refractivity contribution is -0.00994. The number of likely N-dealkylation sites (tertiary alicyclic amines) is 1. The third kappa shape index (κ3) is 3.65. The van der Waals surface area contributed by atoms with E-state index in [1.807, 2.05) is 30.3 Å². The number of carbonyl (C=O) groups excluding carboxylic acids is 2. The van der Waals surface area contributed by atoms with Gasteiger partial charge in [0.1, 0.15) is 23.8 Å². The Balaban J connectivity index is 1.36. The maximum Gasteiger partial charge on any atom is 0.410 e. The van der Waals surface area contributed by atoms with E-state index in [1.165, 1.54) is 18.2 Å². The fraction of sp³-hybridized carbons (Fsp3) is 0.333. The lowest BCUT2D eigenvalue weighted by Gasteiger charge is -2.43. The van der Waals surface area contributed by atoms with Crippen LogP contribution in [0, 0.1) is 5.82 Å². The Kier molecular flexibility index (Phi) is 4.56. The highest BCUT2D eigenvalue weighted by atomic mass is 19.1. The summed E-state index contributed by atoms with van der Waals surface area (Å²) < 4.78 is 24.8. The van der Waals surface area contributed by atoms with E-state index in [1.54, 1.807) is 4.90 Å². The van der Waals surface area contributed by atoms with Gasteiger partial charge in [-0.3, -0.25) is 4.79 Å². The lowest BCUT2D eigenvalue weighted by Crippen LogP contribution is -2.52. The predicted octanol–water partition coefficient (Wildman–Crippen LogP) is 3.96. The first kappa shape index (κ1) is 17.5. The number of hydrogen-bond acceptors (Lipinski definition) is 4. The van der Waals surface area contributed by atoms with Crippen LogP contribution in [0.15, 0.2) is 48.5 Å². The number of halogens is 1. The standard InChI is InChI=1S/C21H20FNO4/c22-16-6-7-19-17(12-16)18(24)13-21(27-19)8-10-23(11-9-21)20(25)26-14-15-4-2-1-3-5-15/h1-7,12H,8-11,13-14H2. The molecular formula is C21H20FNO4. The maximum atomic E-state index is 13.4. The van der Waals surface area contributed by atoms with Gasteiger partial charge >= 0.3 is 6.09 Å². The van der Waals surface area contributed by atoms with Gasteiger partial charge in [0.15, 0.2) is 5.78 Å². The number of amides is 1. The lowest BCUT2D eigenvalue weighted by atomic mass is 9.82. The summed E-state index contributed by atoms with van der Waals surface area (Å²) in [6.45, 7) is 1.14. The van der Waals surface area contributed by atoms with Gasteiger partial charge in [-0.15, -0.1) is 0 Å². The number of Topliss-reactive ketones (excluding diaryl/α,β-unsaturated/α-hetero) is 1. The highest BCUT2D eigenvalue weighted by Crippen LogP contribution is 2.39. The summed E-state index contributed by atoms with van der Waals surface area (Å²) in [6, 6.07) is 13.5. The molecule has 6 heteroatoms. The molecule has 1 fully saturated rings. The fourth-order valence-corrected chi connectivity index (χ4v) is 3.65. The smallest absolute Gasteiger partial charge is 0.410 e. The molecule has 0 radical (unpaired) electrons. The zero-order valence-corrected chi connectivity index (χ0v) is 14.8. The summed E-state index contributed by atoms with van der Waals surface area (Å²) in [5.74, 6) is -0.138.